The van der Waals surface area contributed by atoms with Crippen LogP contribution in [0.5, 0.6) is 0 Å². The number of hydrogen-bond acceptors (Lipinski definition) is 4. The Morgan fingerprint density at radius 2 is 0.684 bits per heavy atom. The molecular weight excluding hydrogens is 752 g/mol. The minimum atomic E-state index is -0.919. The molecule has 2 aromatic carbocycles. The summed E-state index contributed by atoms with van der Waals surface area (Å²) in [7, 11) is 0. The fourth-order valence-electron chi connectivity index (χ4n) is 7.84. The summed E-state index contributed by atoms with van der Waals surface area (Å²) in [5, 5.41) is 20.9. The molecule has 4 nitrogen and oxygen atoms in total. The molecule has 2 unspecified atom stereocenters. The van der Waals surface area contributed by atoms with Gasteiger partial charge in [0.1, 0.15) is 0 Å². The smallest absolute Gasteiger partial charge is 0.550 e. The molecule has 57 heavy (non-hydrogen) atoms. The maximum absolute atomic E-state index is 10.5. The van der Waals surface area contributed by atoms with E-state index in [4.69, 9.17) is 0 Å². The molecule has 0 saturated heterocycles. The molecule has 0 aliphatic rings. The SMILES string of the molecule is C=Cc1ccc(C(CCCCCCCCC)CCCCCCCC(=O)[O-])cc1.C=Cc1ccc(C(CCCCCCCCC)CCCCCCCC(=O)[O-])cc1.[Cu+2]. The van der Waals surface area contributed by atoms with E-state index in [0.29, 0.717) is 11.8 Å². The number of carbonyl (C=O) groups excluding carboxylic acids is 2. The van der Waals surface area contributed by atoms with Crippen molar-refractivity contribution in [2.24, 2.45) is 0 Å². The summed E-state index contributed by atoms with van der Waals surface area (Å²) in [4.78, 5) is 20.9. The Bertz CT molecular complexity index is 1140. The summed E-state index contributed by atoms with van der Waals surface area (Å²) in [5.41, 5.74) is 5.31. The second kappa shape index (κ2) is 38.9. The van der Waals surface area contributed by atoms with Crippen molar-refractivity contribution in [1.82, 2.24) is 0 Å². The van der Waals surface area contributed by atoms with Gasteiger partial charge in [0.15, 0.2) is 0 Å². The molecule has 0 spiro atoms. The Morgan fingerprint density at radius 3 is 0.930 bits per heavy atom. The number of aliphatic carboxylic acids is 2. The van der Waals surface area contributed by atoms with Gasteiger partial charge in [0.25, 0.3) is 0 Å². The summed E-state index contributed by atoms with van der Waals surface area (Å²) >= 11 is 0. The summed E-state index contributed by atoms with van der Waals surface area (Å²) in [6.45, 7) is 12.2. The van der Waals surface area contributed by atoms with Crippen LogP contribution in [0.3, 0.4) is 0 Å². The predicted molar refractivity (Wildman–Crippen MR) is 238 cm³/mol. The zero-order chi connectivity index (χ0) is 40.9. The Balaban J connectivity index is 0.00000108. The Morgan fingerprint density at radius 1 is 0.439 bits per heavy atom. The largest absolute Gasteiger partial charge is 2.00 e. The zero-order valence-corrected chi connectivity index (χ0v) is 37.4. The molecular formula is C52H82CuO4. The average molecular weight is 835 g/mol. The van der Waals surface area contributed by atoms with Crippen molar-refractivity contribution >= 4 is 24.1 Å². The van der Waals surface area contributed by atoms with E-state index in [1.165, 1.54) is 164 Å². The molecule has 0 aliphatic heterocycles. The summed E-state index contributed by atoms with van der Waals surface area (Å²) < 4.78 is 0. The van der Waals surface area contributed by atoms with E-state index in [1.807, 2.05) is 12.2 Å². The van der Waals surface area contributed by atoms with Gasteiger partial charge in [-0.05, 0) is 85.5 Å². The van der Waals surface area contributed by atoms with Crippen LogP contribution in [0.15, 0.2) is 61.7 Å². The van der Waals surface area contributed by atoms with E-state index in [0.717, 1.165) is 38.5 Å². The third-order valence-electron chi connectivity index (χ3n) is 11.5. The van der Waals surface area contributed by atoms with E-state index in [1.54, 1.807) is 0 Å². The maximum Gasteiger partial charge on any atom is 2.00 e. The van der Waals surface area contributed by atoms with Gasteiger partial charge in [-0.2, -0.15) is 0 Å². The minimum absolute atomic E-state index is 0. The third kappa shape index (κ3) is 31.0. The van der Waals surface area contributed by atoms with Crippen LogP contribution < -0.4 is 10.2 Å². The molecule has 2 atom stereocenters. The van der Waals surface area contributed by atoms with Gasteiger partial charge in [-0.25, -0.2) is 0 Å². The number of unbranched alkanes of at least 4 members (excludes halogenated alkanes) is 20. The van der Waals surface area contributed by atoms with Crippen molar-refractivity contribution in [3.8, 4) is 0 Å². The van der Waals surface area contributed by atoms with Crippen molar-refractivity contribution in [3.05, 3.63) is 83.9 Å². The van der Waals surface area contributed by atoms with Gasteiger partial charge in [0.2, 0.25) is 0 Å². The first kappa shape index (κ1) is 54.4. The van der Waals surface area contributed by atoms with Crippen molar-refractivity contribution in [3.63, 3.8) is 0 Å². The monoisotopic (exact) mass is 834 g/mol. The van der Waals surface area contributed by atoms with Gasteiger partial charge >= 0.3 is 17.1 Å². The molecule has 2 rings (SSSR count). The second-order valence-corrected chi connectivity index (χ2v) is 16.3. The van der Waals surface area contributed by atoms with Gasteiger partial charge in [-0.3, -0.25) is 0 Å². The Kier molecular flexibility index (Phi) is 37.1. The fraction of sp³-hybridized carbons (Fsp3) is 0.654. The number of carbonyl (C=O) groups is 2. The number of rotatable bonds is 36. The first-order valence-corrected chi connectivity index (χ1v) is 23.2. The zero-order valence-electron chi connectivity index (χ0n) is 36.5. The number of carboxylic acids is 2. The Labute approximate surface area is 361 Å². The van der Waals surface area contributed by atoms with Gasteiger partial charge in [0, 0.05) is 11.9 Å². The van der Waals surface area contributed by atoms with Crippen molar-refractivity contribution in [1.29, 1.82) is 0 Å². The van der Waals surface area contributed by atoms with Crippen LogP contribution in [0.25, 0.3) is 12.2 Å². The van der Waals surface area contributed by atoms with E-state index in [9.17, 15) is 19.8 Å². The summed E-state index contributed by atoms with van der Waals surface area (Å²) in [5.74, 6) is -0.536. The standard InChI is InChI=1S/2C26H42O2.Cu/c2*1-3-5-6-7-8-10-13-16-24(25-21-19-23(4-2)20-22-25)17-14-11-9-12-15-18-26(27)28;/h2*4,19-22,24H,2-3,5-18H2,1H3,(H,27,28);/q;;+2/p-2. The first-order chi connectivity index (χ1) is 27.3. The molecule has 0 heterocycles. The molecule has 0 fully saturated rings. The number of benzene rings is 2. The molecule has 325 valence electrons. The van der Waals surface area contributed by atoms with Crippen LogP contribution in [0.2, 0.25) is 0 Å². The second-order valence-electron chi connectivity index (χ2n) is 16.3. The molecule has 1 radical (unpaired) electrons. The molecule has 5 heteroatoms. The van der Waals surface area contributed by atoms with Crippen LogP contribution in [-0.2, 0) is 26.7 Å². The van der Waals surface area contributed by atoms with Crippen molar-refractivity contribution in [2.75, 3.05) is 0 Å². The third-order valence-corrected chi connectivity index (χ3v) is 11.5. The molecule has 2 aromatic rings. The maximum atomic E-state index is 10.5. The molecule has 0 bridgehead atoms. The average Bonchev–Trinajstić information content (AvgIpc) is 3.21. The van der Waals surface area contributed by atoms with Gasteiger partial charge in [0.05, 0.1) is 0 Å². The van der Waals surface area contributed by atoms with E-state index in [-0.39, 0.29) is 29.9 Å². The van der Waals surface area contributed by atoms with E-state index >= 15 is 0 Å². The van der Waals surface area contributed by atoms with Gasteiger partial charge in [-0.15, -0.1) is 0 Å². The molecule has 0 amide bonds. The topological polar surface area (TPSA) is 80.3 Å². The van der Waals surface area contributed by atoms with E-state index < -0.39 is 11.9 Å². The quantitative estimate of drug-likeness (QED) is 0.0506. The van der Waals surface area contributed by atoms with Crippen LogP contribution in [-0.4, -0.2) is 11.9 Å². The number of hydrogen-bond donors (Lipinski definition) is 0. The molecule has 0 saturated carbocycles. The van der Waals surface area contributed by atoms with Crippen LogP contribution in [0, 0.1) is 0 Å². The fourth-order valence-corrected chi connectivity index (χ4v) is 7.84. The predicted octanol–water partition coefficient (Wildman–Crippen LogP) is 14.1. The molecule has 0 N–H and O–H groups in total. The normalized spacial score (nSPS) is 11.8. The minimum Gasteiger partial charge on any atom is -0.550 e. The van der Waals surface area contributed by atoms with Crippen LogP contribution >= 0.6 is 0 Å². The van der Waals surface area contributed by atoms with Gasteiger partial charge in [-0.1, -0.05) is 229 Å². The van der Waals surface area contributed by atoms with Crippen LogP contribution in [0.1, 0.15) is 241 Å². The van der Waals surface area contributed by atoms with E-state index in [2.05, 4.69) is 75.5 Å². The van der Waals surface area contributed by atoms with Gasteiger partial charge < -0.3 is 19.8 Å². The van der Waals surface area contributed by atoms with Crippen LogP contribution in [0.4, 0.5) is 0 Å². The van der Waals surface area contributed by atoms with Crippen molar-refractivity contribution < 1.29 is 36.9 Å². The summed E-state index contributed by atoms with van der Waals surface area (Å²) in [6.07, 6.45) is 39.0. The molecule has 0 aliphatic carbocycles. The molecule has 0 aromatic heterocycles. The van der Waals surface area contributed by atoms with Crippen molar-refractivity contribution in [2.45, 2.75) is 218 Å². The first-order valence-electron chi connectivity index (χ1n) is 23.2. The summed E-state index contributed by atoms with van der Waals surface area (Å²) in [6, 6.07) is 17.8. The number of carboxylic acid groups (broad SMARTS) is 2. The Hall–Kier alpha value is -2.62.